The van der Waals surface area contributed by atoms with Gasteiger partial charge in [0.15, 0.2) is 0 Å². The van der Waals surface area contributed by atoms with Crippen LogP contribution in [0.25, 0.3) is 10.6 Å². The van der Waals surface area contributed by atoms with Gasteiger partial charge in [0, 0.05) is 22.5 Å². The van der Waals surface area contributed by atoms with Gasteiger partial charge >= 0.3 is 5.97 Å². The van der Waals surface area contributed by atoms with Crippen LogP contribution in [0.15, 0.2) is 29.6 Å². The maximum Gasteiger partial charge on any atom is 0.310 e. The lowest BCUT2D eigenvalue weighted by Crippen LogP contribution is -2.39. The summed E-state index contributed by atoms with van der Waals surface area (Å²) in [5, 5.41) is 14.6. The van der Waals surface area contributed by atoms with Crippen LogP contribution in [0.4, 0.5) is 0 Å². The first-order valence-corrected chi connectivity index (χ1v) is 7.78. The van der Waals surface area contributed by atoms with E-state index < -0.39 is 11.4 Å². The molecule has 0 aliphatic heterocycles. The van der Waals surface area contributed by atoms with Crippen LogP contribution in [0.2, 0.25) is 5.02 Å². The number of benzene rings is 1. The Morgan fingerprint density at radius 1 is 1.32 bits per heavy atom. The zero-order valence-corrected chi connectivity index (χ0v) is 13.7. The smallest absolute Gasteiger partial charge is 0.310 e. The number of nitrogens with one attached hydrogen (secondary N) is 1. The molecule has 0 spiro atoms. The van der Waals surface area contributed by atoms with E-state index in [1.54, 1.807) is 31.4 Å². The van der Waals surface area contributed by atoms with E-state index in [1.165, 1.54) is 11.3 Å². The van der Waals surface area contributed by atoms with E-state index in [2.05, 4.69) is 10.3 Å². The SMILES string of the molecule is CC(C)(CNC(=O)c1csc(-c2ccc(Cl)cc2)n1)C(=O)O. The van der Waals surface area contributed by atoms with Gasteiger partial charge in [-0.1, -0.05) is 23.7 Å². The second-order valence-corrected chi connectivity index (χ2v) is 6.71. The first kappa shape index (κ1) is 16.5. The second-order valence-electron chi connectivity index (χ2n) is 5.42. The number of carbonyl (C=O) groups excluding carboxylic acids is 1. The van der Waals surface area contributed by atoms with Gasteiger partial charge in [-0.2, -0.15) is 0 Å². The lowest BCUT2D eigenvalue weighted by Gasteiger charge is -2.18. The van der Waals surface area contributed by atoms with Crippen LogP contribution in [0.3, 0.4) is 0 Å². The van der Waals surface area contributed by atoms with E-state index in [4.69, 9.17) is 16.7 Å². The van der Waals surface area contributed by atoms with Crippen molar-refractivity contribution in [2.75, 3.05) is 6.54 Å². The number of carboxylic acids is 1. The van der Waals surface area contributed by atoms with Crippen LogP contribution >= 0.6 is 22.9 Å². The van der Waals surface area contributed by atoms with Gasteiger partial charge in [0.1, 0.15) is 10.7 Å². The van der Waals surface area contributed by atoms with E-state index in [-0.39, 0.29) is 18.1 Å². The molecule has 22 heavy (non-hydrogen) atoms. The Morgan fingerprint density at radius 2 is 1.95 bits per heavy atom. The van der Waals surface area contributed by atoms with Gasteiger partial charge in [-0.25, -0.2) is 4.98 Å². The van der Waals surface area contributed by atoms with Crippen LogP contribution in [0, 0.1) is 5.41 Å². The third-order valence-electron chi connectivity index (χ3n) is 3.10. The maximum atomic E-state index is 12.0. The van der Waals surface area contributed by atoms with Gasteiger partial charge in [-0.3, -0.25) is 9.59 Å². The molecule has 1 amide bonds. The fourth-order valence-corrected chi connectivity index (χ4v) is 2.50. The largest absolute Gasteiger partial charge is 0.481 e. The molecule has 0 atom stereocenters. The summed E-state index contributed by atoms with van der Waals surface area (Å²) in [6, 6.07) is 7.17. The van der Waals surface area contributed by atoms with Gasteiger partial charge in [0.2, 0.25) is 0 Å². The maximum absolute atomic E-state index is 12.0. The molecule has 1 aromatic carbocycles. The number of carbonyl (C=O) groups is 2. The van der Waals surface area contributed by atoms with E-state index in [9.17, 15) is 9.59 Å². The summed E-state index contributed by atoms with van der Waals surface area (Å²) in [7, 11) is 0. The topological polar surface area (TPSA) is 79.3 Å². The van der Waals surface area contributed by atoms with Crippen LogP contribution in [-0.4, -0.2) is 28.5 Å². The first-order chi connectivity index (χ1) is 10.3. The fourth-order valence-electron chi connectivity index (χ4n) is 1.57. The van der Waals surface area contributed by atoms with Crippen molar-refractivity contribution >= 4 is 34.8 Å². The molecule has 0 aliphatic carbocycles. The molecule has 116 valence electrons. The van der Waals surface area contributed by atoms with Gasteiger partial charge in [-0.15, -0.1) is 11.3 Å². The van der Waals surface area contributed by atoms with Crippen molar-refractivity contribution in [2.45, 2.75) is 13.8 Å². The molecule has 0 aliphatic rings. The molecule has 7 heteroatoms. The summed E-state index contributed by atoms with van der Waals surface area (Å²) in [5.41, 5.74) is 0.125. The Morgan fingerprint density at radius 3 is 2.55 bits per heavy atom. The number of amides is 1. The molecule has 0 radical (unpaired) electrons. The minimum atomic E-state index is -1.02. The highest BCUT2D eigenvalue weighted by molar-refractivity contribution is 7.13. The van der Waals surface area contributed by atoms with Crippen molar-refractivity contribution in [1.82, 2.24) is 10.3 Å². The summed E-state index contributed by atoms with van der Waals surface area (Å²) >= 11 is 7.18. The highest BCUT2D eigenvalue weighted by Gasteiger charge is 2.28. The molecule has 2 rings (SSSR count). The predicted molar refractivity (Wildman–Crippen MR) is 86.3 cm³/mol. The van der Waals surface area contributed by atoms with Crippen molar-refractivity contribution in [1.29, 1.82) is 0 Å². The molecular weight excluding hydrogens is 324 g/mol. The van der Waals surface area contributed by atoms with Crippen LogP contribution in [0.1, 0.15) is 24.3 Å². The standard InChI is InChI=1S/C15H15ClN2O3S/c1-15(2,14(20)21)8-17-12(19)11-7-22-13(18-11)9-3-5-10(16)6-4-9/h3-7H,8H2,1-2H3,(H,17,19)(H,20,21). The molecule has 1 aromatic heterocycles. The quantitative estimate of drug-likeness (QED) is 0.876. The molecule has 0 saturated carbocycles. The number of hydrogen-bond donors (Lipinski definition) is 2. The lowest BCUT2D eigenvalue weighted by atomic mass is 9.94. The Kier molecular flexibility index (Phi) is 4.83. The summed E-state index contributed by atoms with van der Waals surface area (Å²) in [4.78, 5) is 27.3. The molecule has 2 N–H and O–H groups in total. The minimum absolute atomic E-state index is 0.0367. The van der Waals surface area contributed by atoms with Gasteiger partial charge in [-0.05, 0) is 26.0 Å². The molecular formula is C15H15ClN2O3S. The monoisotopic (exact) mass is 338 g/mol. The second kappa shape index (κ2) is 6.46. The van der Waals surface area contributed by atoms with Crippen LogP contribution in [0.5, 0.6) is 0 Å². The highest BCUT2D eigenvalue weighted by Crippen LogP contribution is 2.25. The van der Waals surface area contributed by atoms with Crippen LogP contribution in [-0.2, 0) is 4.79 Å². The fraction of sp³-hybridized carbons (Fsp3) is 0.267. The molecule has 1 heterocycles. The summed E-state index contributed by atoms with van der Waals surface area (Å²) < 4.78 is 0. The van der Waals surface area contributed by atoms with Gasteiger partial charge < -0.3 is 10.4 Å². The summed E-state index contributed by atoms with van der Waals surface area (Å²) in [6.07, 6.45) is 0. The Bertz CT molecular complexity index is 695. The number of nitrogens with zero attached hydrogens (tertiary/aromatic N) is 1. The Hall–Kier alpha value is -1.92. The lowest BCUT2D eigenvalue weighted by molar-refractivity contribution is -0.146. The molecule has 2 aromatic rings. The number of hydrogen-bond acceptors (Lipinski definition) is 4. The number of rotatable bonds is 5. The third-order valence-corrected chi connectivity index (χ3v) is 4.24. The first-order valence-electron chi connectivity index (χ1n) is 6.53. The van der Waals surface area contributed by atoms with E-state index in [1.807, 2.05) is 12.1 Å². The predicted octanol–water partition coefficient (Wildman–Crippen LogP) is 3.30. The number of aromatic nitrogens is 1. The number of thiazole rings is 1. The van der Waals surface area contributed by atoms with Crippen molar-refractivity contribution < 1.29 is 14.7 Å². The molecule has 0 bridgehead atoms. The highest BCUT2D eigenvalue weighted by atomic mass is 35.5. The van der Waals surface area contributed by atoms with E-state index >= 15 is 0 Å². The minimum Gasteiger partial charge on any atom is -0.481 e. The van der Waals surface area contributed by atoms with Crippen molar-refractivity contribution in [3.63, 3.8) is 0 Å². The van der Waals surface area contributed by atoms with E-state index in [0.717, 1.165) is 5.56 Å². The number of aliphatic carboxylic acids is 1. The van der Waals surface area contributed by atoms with Gasteiger partial charge in [0.05, 0.1) is 5.41 Å². The summed E-state index contributed by atoms with van der Waals surface area (Å²) in [6.45, 7) is 3.14. The van der Waals surface area contributed by atoms with E-state index in [0.29, 0.717) is 10.0 Å². The van der Waals surface area contributed by atoms with Crippen molar-refractivity contribution in [3.8, 4) is 10.6 Å². The average molecular weight is 339 g/mol. The normalized spacial score (nSPS) is 11.2. The Labute approximate surface area is 137 Å². The molecule has 0 fully saturated rings. The Balaban J connectivity index is 2.06. The number of carboxylic acid groups (broad SMARTS) is 1. The van der Waals surface area contributed by atoms with Gasteiger partial charge in [0.25, 0.3) is 5.91 Å². The zero-order chi connectivity index (χ0) is 16.3. The molecule has 0 saturated heterocycles. The molecule has 5 nitrogen and oxygen atoms in total. The molecule has 0 unspecified atom stereocenters. The zero-order valence-electron chi connectivity index (χ0n) is 12.1. The number of halogens is 1. The van der Waals surface area contributed by atoms with Crippen LogP contribution < -0.4 is 5.32 Å². The summed E-state index contributed by atoms with van der Waals surface area (Å²) in [5.74, 6) is -1.35. The van der Waals surface area contributed by atoms with Crippen molar-refractivity contribution in [2.24, 2.45) is 5.41 Å². The van der Waals surface area contributed by atoms with Crippen molar-refractivity contribution in [3.05, 3.63) is 40.4 Å². The third kappa shape index (κ3) is 3.84. The average Bonchev–Trinajstić information content (AvgIpc) is 2.95.